The number of allylic oxidation sites excluding steroid dienone is 2. The molecule has 1 aromatic rings. The van der Waals surface area contributed by atoms with Crippen LogP contribution in [0.15, 0.2) is 36.2 Å². The molecule has 3 aliphatic rings. The maximum atomic E-state index is 14.7. The Morgan fingerprint density at radius 2 is 1.88 bits per heavy atom. The van der Waals surface area contributed by atoms with Crippen LogP contribution in [0.2, 0.25) is 0 Å². The van der Waals surface area contributed by atoms with Crippen molar-refractivity contribution in [3.63, 3.8) is 0 Å². The molecule has 3 unspecified atom stereocenters. The number of hydrogen-bond donors (Lipinski definition) is 2. The van der Waals surface area contributed by atoms with E-state index in [-0.39, 0.29) is 11.5 Å². The minimum Gasteiger partial charge on any atom is -0.485 e. The van der Waals surface area contributed by atoms with Crippen LogP contribution in [0.4, 0.5) is 22.0 Å². The van der Waals surface area contributed by atoms with Crippen LogP contribution < -0.4 is 4.74 Å². The highest BCUT2D eigenvalue weighted by Crippen LogP contribution is 2.56. The first-order valence-corrected chi connectivity index (χ1v) is 10.7. The highest BCUT2D eigenvalue weighted by Gasteiger charge is 2.55. The van der Waals surface area contributed by atoms with Crippen LogP contribution in [0.3, 0.4) is 0 Å². The molecular formula is C23H26F5NO3. The summed E-state index contributed by atoms with van der Waals surface area (Å²) in [5, 5.41) is 18.7. The van der Waals surface area contributed by atoms with E-state index in [4.69, 9.17) is 4.74 Å². The number of nitrogens with zero attached hydrogens (tertiary/aromatic N) is 1. The van der Waals surface area contributed by atoms with Crippen molar-refractivity contribution >= 4 is 0 Å². The molecule has 4 nitrogen and oxygen atoms in total. The quantitative estimate of drug-likeness (QED) is 0.440. The summed E-state index contributed by atoms with van der Waals surface area (Å²) in [6.45, 7) is 3.11. The number of benzene rings is 1. The number of ether oxygens (including phenoxy) is 1. The maximum Gasteiger partial charge on any atom is 0.397 e. The molecule has 0 bridgehead atoms. The van der Waals surface area contributed by atoms with Crippen molar-refractivity contribution < 1.29 is 36.9 Å². The van der Waals surface area contributed by atoms with Crippen LogP contribution in [0.25, 0.3) is 0 Å². The molecule has 2 N–H and O–H groups in total. The number of halogens is 5. The zero-order valence-electron chi connectivity index (χ0n) is 17.7. The Labute approximate surface area is 183 Å². The van der Waals surface area contributed by atoms with Crippen LogP contribution in [-0.4, -0.2) is 40.2 Å². The monoisotopic (exact) mass is 459 g/mol. The summed E-state index contributed by atoms with van der Waals surface area (Å²) >= 11 is 0. The van der Waals surface area contributed by atoms with Crippen molar-refractivity contribution in [1.82, 2.24) is 4.90 Å². The van der Waals surface area contributed by atoms with Gasteiger partial charge in [0.15, 0.2) is 23.7 Å². The van der Waals surface area contributed by atoms with Gasteiger partial charge in [0.05, 0.1) is 12.0 Å². The predicted octanol–water partition coefficient (Wildman–Crippen LogP) is 4.62. The van der Waals surface area contributed by atoms with E-state index < -0.39 is 59.7 Å². The van der Waals surface area contributed by atoms with E-state index in [1.54, 1.807) is 6.92 Å². The highest BCUT2D eigenvalue weighted by atomic mass is 19.4. The van der Waals surface area contributed by atoms with Crippen LogP contribution in [-0.2, 0) is 5.41 Å². The molecule has 0 saturated heterocycles. The average molecular weight is 459 g/mol. The molecular weight excluding hydrogens is 433 g/mol. The van der Waals surface area contributed by atoms with Gasteiger partial charge in [-0.15, -0.1) is 0 Å². The number of hydrogen-bond acceptors (Lipinski definition) is 4. The van der Waals surface area contributed by atoms with Gasteiger partial charge in [-0.2, -0.15) is 13.2 Å². The van der Waals surface area contributed by atoms with E-state index in [2.05, 4.69) is 0 Å². The molecule has 5 atom stereocenters. The predicted molar refractivity (Wildman–Crippen MR) is 106 cm³/mol. The van der Waals surface area contributed by atoms with E-state index in [0.29, 0.717) is 6.42 Å². The van der Waals surface area contributed by atoms with E-state index in [1.165, 1.54) is 11.1 Å². The summed E-state index contributed by atoms with van der Waals surface area (Å²) in [5.41, 5.74) is 0.241. The molecule has 176 valence electrons. The molecule has 1 aromatic carbocycles. The largest absolute Gasteiger partial charge is 0.485 e. The topological polar surface area (TPSA) is 52.9 Å². The molecule has 1 aliphatic heterocycles. The number of alkyl halides is 3. The standard InChI is InChI=1S/C23H26F5NO3/c1-3-4-12-7-18(12)29-6-5-14(23(26,27)28)19(29)11-32-20-16(24)8-13(9-17(20)25)22(2)10-15(22)21(30)31/h5-9,12,14-15,19,21,30-31H,3-4,10-11H2,1-2H3/t12-,14?,15?,19+,22?/m1/s1. The molecule has 2 aliphatic carbocycles. The van der Waals surface area contributed by atoms with Crippen LogP contribution in [0, 0.1) is 29.4 Å². The average Bonchev–Trinajstić information content (AvgIpc) is 3.56. The Balaban J connectivity index is 1.50. The first-order chi connectivity index (χ1) is 15.0. The molecule has 9 heteroatoms. The van der Waals surface area contributed by atoms with Gasteiger partial charge in [-0.3, -0.25) is 0 Å². The molecule has 0 radical (unpaired) electrons. The maximum absolute atomic E-state index is 14.7. The Morgan fingerprint density at radius 3 is 2.41 bits per heavy atom. The number of aliphatic hydroxyl groups is 2. The van der Waals surface area contributed by atoms with Gasteiger partial charge in [0.2, 0.25) is 0 Å². The fraction of sp³-hybridized carbons (Fsp3) is 0.565. The lowest BCUT2D eigenvalue weighted by molar-refractivity contribution is -0.171. The van der Waals surface area contributed by atoms with Crippen LogP contribution in [0.1, 0.15) is 38.7 Å². The minimum absolute atomic E-state index is 0.112. The lowest BCUT2D eigenvalue weighted by Crippen LogP contribution is -2.42. The summed E-state index contributed by atoms with van der Waals surface area (Å²) in [4.78, 5) is 1.50. The first-order valence-electron chi connectivity index (χ1n) is 10.7. The van der Waals surface area contributed by atoms with Gasteiger partial charge in [0, 0.05) is 29.1 Å². The van der Waals surface area contributed by atoms with Crippen molar-refractivity contribution in [2.75, 3.05) is 6.61 Å². The molecule has 1 fully saturated rings. The second kappa shape index (κ2) is 8.02. The molecule has 1 heterocycles. The second-order valence-electron chi connectivity index (χ2n) is 9.09. The summed E-state index contributed by atoms with van der Waals surface area (Å²) in [5.74, 6) is -5.04. The van der Waals surface area contributed by atoms with Gasteiger partial charge in [-0.1, -0.05) is 32.4 Å². The molecule has 0 aromatic heterocycles. The van der Waals surface area contributed by atoms with E-state index in [0.717, 1.165) is 36.7 Å². The van der Waals surface area contributed by atoms with Gasteiger partial charge in [-0.05, 0) is 30.5 Å². The van der Waals surface area contributed by atoms with Crippen LogP contribution >= 0.6 is 0 Å². The van der Waals surface area contributed by atoms with Gasteiger partial charge < -0.3 is 19.8 Å². The lowest BCUT2D eigenvalue weighted by Gasteiger charge is -2.30. The van der Waals surface area contributed by atoms with Gasteiger partial charge in [-0.25, -0.2) is 8.78 Å². The van der Waals surface area contributed by atoms with Crippen molar-refractivity contribution in [3.8, 4) is 5.75 Å². The summed E-state index contributed by atoms with van der Waals surface area (Å²) in [6, 6.07) is 0.942. The minimum atomic E-state index is -4.52. The lowest BCUT2D eigenvalue weighted by atomic mass is 9.94. The zero-order valence-corrected chi connectivity index (χ0v) is 17.7. The normalized spacial score (nSPS) is 31.3. The molecule has 4 rings (SSSR count). The molecule has 0 spiro atoms. The number of rotatable bonds is 8. The molecule has 1 saturated carbocycles. The Kier molecular flexibility index (Phi) is 5.78. The third kappa shape index (κ3) is 4.12. The van der Waals surface area contributed by atoms with Crippen LogP contribution in [0.5, 0.6) is 5.75 Å². The smallest absolute Gasteiger partial charge is 0.397 e. The molecule has 32 heavy (non-hydrogen) atoms. The van der Waals surface area contributed by atoms with Crippen molar-refractivity contribution in [2.24, 2.45) is 17.8 Å². The summed E-state index contributed by atoms with van der Waals surface area (Å²) in [7, 11) is 0. The van der Waals surface area contributed by atoms with E-state index >= 15 is 0 Å². The SMILES string of the molecule is CCC[C@@H]1C=C1N1C=CC(C(F)(F)F)[C@@H]1COc1c(F)cc(C2(C)CC2C(O)O)cc1F. The third-order valence-electron chi connectivity index (χ3n) is 6.86. The second-order valence-corrected chi connectivity index (χ2v) is 9.09. The molecule has 0 amide bonds. The van der Waals surface area contributed by atoms with Gasteiger partial charge in [0.25, 0.3) is 0 Å². The van der Waals surface area contributed by atoms with Gasteiger partial charge in [0.1, 0.15) is 6.61 Å². The van der Waals surface area contributed by atoms with Crippen molar-refractivity contribution in [3.05, 3.63) is 53.4 Å². The van der Waals surface area contributed by atoms with Crippen molar-refractivity contribution in [2.45, 2.75) is 57.0 Å². The summed E-state index contributed by atoms with van der Waals surface area (Å²) in [6.07, 6.45) is 0.273. The summed E-state index contributed by atoms with van der Waals surface area (Å²) < 4.78 is 75.3. The number of aliphatic hydroxyl groups excluding tert-OH is 1. The zero-order chi connectivity index (χ0) is 23.4. The third-order valence-corrected chi connectivity index (χ3v) is 6.86. The Bertz CT molecular complexity index is 921. The van der Waals surface area contributed by atoms with Crippen molar-refractivity contribution in [1.29, 1.82) is 0 Å². The first kappa shape index (κ1) is 23.0. The fourth-order valence-corrected chi connectivity index (χ4v) is 4.72. The van der Waals surface area contributed by atoms with E-state index in [1.807, 2.05) is 13.0 Å². The highest BCUT2D eigenvalue weighted by molar-refractivity contribution is 5.40. The van der Waals surface area contributed by atoms with E-state index in [9.17, 15) is 32.2 Å². The van der Waals surface area contributed by atoms with Gasteiger partial charge >= 0.3 is 6.18 Å². The Hall–Kier alpha value is -2.13. The Morgan fingerprint density at radius 1 is 1.22 bits per heavy atom. The fourth-order valence-electron chi connectivity index (χ4n) is 4.72.